The number of methoxy groups -OCH3 is 3. The maximum absolute atomic E-state index is 12.5. The van der Waals surface area contributed by atoms with E-state index in [-0.39, 0.29) is 11.9 Å². The van der Waals surface area contributed by atoms with Gasteiger partial charge in [-0.2, -0.15) is 0 Å². The second-order valence-corrected chi connectivity index (χ2v) is 6.54. The summed E-state index contributed by atoms with van der Waals surface area (Å²) in [5.41, 5.74) is 0.813. The zero-order valence-corrected chi connectivity index (χ0v) is 16.8. The minimum atomic E-state index is -0.541. The van der Waals surface area contributed by atoms with E-state index in [2.05, 4.69) is 4.99 Å². The number of carbonyl (C=O) groups is 2. The fourth-order valence-corrected chi connectivity index (χ4v) is 3.40. The average molecular weight is 388 g/mol. The van der Waals surface area contributed by atoms with Gasteiger partial charge in [-0.1, -0.05) is 6.08 Å². The van der Waals surface area contributed by atoms with E-state index < -0.39 is 12.2 Å². The zero-order chi connectivity index (χ0) is 20.6. The highest BCUT2D eigenvalue weighted by Gasteiger charge is 2.49. The molecule has 0 aliphatic carbocycles. The highest BCUT2D eigenvalue weighted by molar-refractivity contribution is 6.07. The summed E-state index contributed by atoms with van der Waals surface area (Å²) < 4.78 is 16.1. The Morgan fingerprint density at radius 1 is 0.929 bits per heavy atom. The smallest absolute Gasteiger partial charge is 0.328 e. The molecule has 2 heterocycles. The molecule has 1 aromatic carbocycles. The molecule has 150 valence electrons. The number of urea groups is 1. The number of aliphatic imine (C=N–C) groups is 1. The Balaban J connectivity index is 1.91. The monoisotopic (exact) mass is 388 g/mol. The molecule has 0 spiro atoms. The van der Waals surface area contributed by atoms with Crippen LogP contribution in [-0.4, -0.2) is 87.2 Å². The maximum atomic E-state index is 12.5. The van der Waals surface area contributed by atoms with Gasteiger partial charge in [0.05, 0.1) is 21.3 Å². The molecule has 0 saturated carbocycles. The van der Waals surface area contributed by atoms with E-state index in [0.717, 1.165) is 10.5 Å². The number of ether oxygens (including phenoxy) is 3. The highest BCUT2D eigenvalue weighted by atomic mass is 16.5. The summed E-state index contributed by atoms with van der Waals surface area (Å²) in [6, 6.07) is 2.73. The van der Waals surface area contributed by atoms with Gasteiger partial charge in [-0.15, -0.1) is 0 Å². The molecule has 2 unspecified atom stereocenters. The number of amides is 3. The average Bonchev–Trinajstić information content (AvgIpc) is 3.04. The topological polar surface area (TPSA) is 83.9 Å². The summed E-state index contributed by atoms with van der Waals surface area (Å²) in [5, 5.41) is 0. The molecule has 9 heteroatoms. The lowest BCUT2D eigenvalue weighted by Gasteiger charge is -2.38. The van der Waals surface area contributed by atoms with E-state index in [4.69, 9.17) is 14.2 Å². The first-order chi connectivity index (χ1) is 13.3. The van der Waals surface area contributed by atoms with Gasteiger partial charge in [-0.25, -0.2) is 9.79 Å². The number of nitrogens with zero attached hydrogens (tertiary/aromatic N) is 4. The fourth-order valence-electron chi connectivity index (χ4n) is 3.40. The Morgan fingerprint density at radius 2 is 1.54 bits per heavy atom. The predicted molar refractivity (Wildman–Crippen MR) is 104 cm³/mol. The van der Waals surface area contributed by atoms with Crippen molar-refractivity contribution in [3.63, 3.8) is 0 Å². The van der Waals surface area contributed by atoms with E-state index >= 15 is 0 Å². The third-order valence-corrected chi connectivity index (χ3v) is 5.01. The Labute approximate surface area is 163 Å². The number of fused-ring (bicyclic) bond motifs is 1. The van der Waals surface area contributed by atoms with Crippen molar-refractivity contribution in [2.24, 2.45) is 4.99 Å². The number of benzene rings is 1. The molecule has 1 saturated heterocycles. The number of likely N-dealkylation sites (N-methyl/N-ethyl adjacent to an activating group) is 3. The van der Waals surface area contributed by atoms with E-state index in [9.17, 15) is 9.59 Å². The van der Waals surface area contributed by atoms with Gasteiger partial charge in [0.1, 0.15) is 5.84 Å². The minimum absolute atomic E-state index is 0.268. The largest absolute Gasteiger partial charge is 0.493 e. The van der Waals surface area contributed by atoms with Crippen LogP contribution in [0.2, 0.25) is 0 Å². The Kier molecular flexibility index (Phi) is 5.17. The number of hydrogen-bond donors (Lipinski definition) is 0. The van der Waals surface area contributed by atoms with Gasteiger partial charge in [0.25, 0.3) is 5.91 Å². The summed E-state index contributed by atoms with van der Waals surface area (Å²) in [6.07, 6.45) is 3.10. The molecule has 2 aliphatic rings. The van der Waals surface area contributed by atoms with Crippen molar-refractivity contribution in [3.05, 3.63) is 23.8 Å². The van der Waals surface area contributed by atoms with Gasteiger partial charge in [-0.05, 0) is 23.8 Å². The van der Waals surface area contributed by atoms with Gasteiger partial charge in [-0.3, -0.25) is 9.69 Å². The second kappa shape index (κ2) is 7.41. The van der Waals surface area contributed by atoms with Crippen LogP contribution in [0.25, 0.3) is 6.08 Å². The number of imide groups is 1. The Bertz CT molecular complexity index is 841. The Hall–Kier alpha value is -3.23. The maximum Gasteiger partial charge on any atom is 0.328 e. The molecule has 1 aromatic rings. The molecule has 1 fully saturated rings. The molecule has 2 atom stereocenters. The first-order valence-electron chi connectivity index (χ1n) is 8.67. The molecule has 9 nitrogen and oxygen atoms in total. The number of rotatable bonds is 5. The van der Waals surface area contributed by atoms with Gasteiger partial charge in [0, 0.05) is 21.1 Å². The quantitative estimate of drug-likeness (QED) is 0.756. The van der Waals surface area contributed by atoms with E-state index in [1.165, 1.54) is 11.9 Å². The summed E-state index contributed by atoms with van der Waals surface area (Å²) in [6.45, 7) is 0. The van der Waals surface area contributed by atoms with Crippen molar-refractivity contribution in [2.45, 2.75) is 12.2 Å². The third-order valence-electron chi connectivity index (χ3n) is 5.01. The lowest BCUT2D eigenvalue weighted by molar-refractivity contribution is -0.135. The van der Waals surface area contributed by atoms with Crippen LogP contribution in [0, 0.1) is 0 Å². The highest BCUT2D eigenvalue weighted by Crippen LogP contribution is 2.38. The Morgan fingerprint density at radius 3 is 2.07 bits per heavy atom. The van der Waals surface area contributed by atoms with Crippen molar-refractivity contribution >= 4 is 23.8 Å². The first-order valence-corrected chi connectivity index (χ1v) is 8.67. The van der Waals surface area contributed by atoms with Crippen molar-refractivity contribution in [3.8, 4) is 17.2 Å². The lowest BCUT2D eigenvalue weighted by Crippen LogP contribution is -2.63. The van der Waals surface area contributed by atoms with Crippen LogP contribution in [-0.2, 0) is 4.79 Å². The van der Waals surface area contributed by atoms with Gasteiger partial charge in [0.2, 0.25) is 5.75 Å². The SMILES string of the molecule is COc1cc(C=CC2=NC3C(C(=O)N(C)C(=O)N3C)N2C)cc(OC)c1OC. The normalized spacial score (nSPS) is 21.9. The first kappa shape index (κ1) is 19.5. The predicted octanol–water partition coefficient (Wildman–Crippen LogP) is 1.29. The van der Waals surface area contributed by atoms with Crippen LogP contribution in [0.4, 0.5) is 4.79 Å². The van der Waals surface area contributed by atoms with E-state index in [1.54, 1.807) is 46.4 Å². The summed E-state index contributed by atoms with van der Waals surface area (Å²) >= 11 is 0. The van der Waals surface area contributed by atoms with Gasteiger partial charge in [0.15, 0.2) is 23.7 Å². The summed E-state index contributed by atoms with van der Waals surface area (Å²) in [7, 11) is 9.57. The van der Waals surface area contributed by atoms with Crippen molar-refractivity contribution < 1.29 is 23.8 Å². The van der Waals surface area contributed by atoms with Gasteiger partial charge >= 0.3 is 6.03 Å². The number of amidine groups is 1. The molecular formula is C19H24N4O5. The van der Waals surface area contributed by atoms with Crippen molar-refractivity contribution in [1.29, 1.82) is 0 Å². The van der Waals surface area contributed by atoms with Crippen LogP contribution in [0.3, 0.4) is 0 Å². The third kappa shape index (κ3) is 3.02. The summed E-state index contributed by atoms with van der Waals surface area (Å²) in [4.78, 5) is 33.6. The fraction of sp³-hybridized carbons (Fsp3) is 0.421. The van der Waals surface area contributed by atoms with Crippen molar-refractivity contribution in [1.82, 2.24) is 14.7 Å². The molecule has 28 heavy (non-hydrogen) atoms. The standard InChI is InChI=1S/C19H24N4O5/c1-21-14(20-17-15(21)18(24)23(3)19(25)22(17)2)8-7-11-9-12(26-4)16(28-6)13(10-11)27-5/h7-10,15,17H,1-6H3. The van der Waals surface area contributed by atoms with Crippen LogP contribution in [0.1, 0.15) is 5.56 Å². The number of carbonyl (C=O) groups excluding carboxylic acids is 2. The molecular weight excluding hydrogens is 364 g/mol. The minimum Gasteiger partial charge on any atom is -0.493 e. The van der Waals surface area contributed by atoms with E-state index in [1.807, 2.05) is 18.2 Å². The molecule has 3 rings (SSSR count). The number of hydrogen-bond acceptors (Lipinski definition) is 7. The van der Waals surface area contributed by atoms with Crippen molar-refractivity contribution in [2.75, 3.05) is 42.5 Å². The molecule has 0 N–H and O–H groups in total. The zero-order valence-electron chi connectivity index (χ0n) is 16.8. The summed E-state index contributed by atoms with van der Waals surface area (Å²) in [5.74, 6) is 1.93. The van der Waals surface area contributed by atoms with Crippen LogP contribution >= 0.6 is 0 Å². The van der Waals surface area contributed by atoms with Crippen LogP contribution in [0.5, 0.6) is 17.2 Å². The van der Waals surface area contributed by atoms with Crippen LogP contribution in [0.15, 0.2) is 23.2 Å². The molecule has 0 radical (unpaired) electrons. The van der Waals surface area contributed by atoms with E-state index in [0.29, 0.717) is 23.1 Å². The second-order valence-electron chi connectivity index (χ2n) is 6.54. The molecule has 0 aromatic heterocycles. The molecule has 0 bridgehead atoms. The van der Waals surface area contributed by atoms with Gasteiger partial charge < -0.3 is 24.0 Å². The lowest BCUT2D eigenvalue weighted by atomic mass is 10.1. The molecule has 3 amide bonds. The molecule has 2 aliphatic heterocycles. The van der Waals surface area contributed by atoms with Crippen LogP contribution < -0.4 is 14.2 Å².